The van der Waals surface area contributed by atoms with E-state index >= 15 is 0 Å². The minimum absolute atomic E-state index is 0.0504. The Hall–Kier alpha value is -2.05. The smallest absolute Gasteiger partial charge is 0.290 e. The normalized spacial score (nSPS) is 25.7. The fourth-order valence-electron chi connectivity index (χ4n) is 3.33. The molecule has 2 N–H and O–H groups in total. The van der Waals surface area contributed by atoms with Gasteiger partial charge in [0.15, 0.2) is 9.84 Å². The fourth-order valence-corrected chi connectivity index (χ4v) is 5.34. The Balaban J connectivity index is 1.78. The summed E-state index contributed by atoms with van der Waals surface area (Å²) < 4.78 is 34.1. The van der Waals surface area contributed by atoms with E-state index in [-0.39, 0.29) is 48.3 Å². The number of sulfone groups is 1. The average molecular weight is 373 g/mol. The second kappa shape index (κ2) is 6.69. The largest absolute Gasteiger partial charge is 0.375 e. The zero-order valence-corrected chi connectivity index (χ0v) is 14.4. The van der Waals surface area contributed by atoms with E-state index in [1.807, 2.05) is 4.90 Å². The van der Waals surface area contributed by atoms with E-state index in [0.717, 1.165) is 0 Å². The Kier molecular flexibility index (Phi) is 4.75. The van der Waals surface area contributed by atoms with Crippen LogP contribution >= 0.6 is 0 Å². The summed E-state index contributed by atoms with van der Waals surface area (Å²) in [7, 11) is -1.84. The first-order chi connectivity index (χ1) is 11.8. The second-order valence-electron chi connectivity index (χ2n) is 6.08. The molecule has 1 aromatic rings. The number of nitrogens with two attached hydrogens (primary N) is 1. The van der Waals surface area contributed by atoms with E-state index in [0.29, 0.717) is 13.1 Å². The number of nitrogens with zero attached hydrogens (tertiary/aromatic N) is 4. The molecule has 2 atom stereocenters. The standard InChI is InChI=1S/C13H19N5O6S/c1-23-5-11(19)18-3-2-17(8-6-25(21,22)7-9(8)18)4-10-15-13(12(14)20)16-24-10/h8-9H,2-7H2,1H3,(H2,14,20)/t8-,9+/m0/s1. The lowest BCUT2D eigenvalue weighted by atomic mass is 10.0. The maximum absolute atomic E-state index is 12.2. The molecular weight excluding hydrogens is 354 g/mol. The minimum atomic E-state index is -3.26. The van der Waals surface area contributed by atoms with Crippen molar-refractivity contribution in [2.45, 2.75) is 18.6 Å². The summed E-state index contributed by atoms with van der Waals surface area (Å²) in [6.07, 6.45) is 0. The maximum Gasteiger partial charge on any atom is 0.290 e. The third-order valence-corrected chi connectivity index (χ3v) is 6.10. The molecule has 2 fully saturated rings. The number of methoxy groups -OCH3 is 1. The molecule has 0 unspecified atom stereocenters. The van der Waals surface area contributed by atoms with Gasteiger partial charge in [-0.15, -0.1) is 0 Å². The number of fused-ring (bicyclic) bond motifs is 1. The molecule has 2 aliphatic heterocycles. The number of primary amides is 1. The first-order valence-corrected chi connectivity index (χ1v) is 9.48. The lowest BCUT2D eigenvalue weighted by molar-refractivity contribution is -0.141. The van der Waals surface area contributed by atoms with Crippen LogP contribution in [0.25, 0.3) is 0 Å². The quantitative estimate of drug-likeness (QED) is 0.597. The van der Waals surface area contributed by atoms with Gasteiger partial charge >= 0.3 is 0 Å². The van der Waals surface area contributed by atoms with Gasteiger partial charge in [0, 0.05) is 26.2 Å². The SMILES string of the molecule is COCC(=O)N1CCN(Cc2nc(C(N)=O)no2)[C@H]2CS(=O)(=O)C[C@H]21. The summed E-state index contributed by atoms with van der Waals surface area (Å²) >= 11 is 0. The maximum atomic E-state index is 12.2. The molecule has 3 heterocycles. The lowest BCUT2D eigenvalue weighted by Crippen LogP contribution is -2.60. The van der Waals surface area contributed by atoms with E-state index in [1.165, 1.54) is 7.11 Å². The highest BCUT2D eigenvalue weighted by molar-refractivity contribution is 7.91. The van der Waals surface area contributed by atoms with Crippen LogP contribution in [-0.2, 0) is 25.9 Å². The number of carbonyl (C=O) groups is 2. The molecule has 2 aliphatic rings. The molecule has 0 aromatic carbocycles. The Morgan fingerprint density at radius 3 is 2.68 bits per heavy atom. The highest BCUT2D eigenvalue weighted by Gasteiger charge is 2.48. The average Bonchev–Trinajstić information content (AvgIpc) is 3.11. The van der Waals surface area contributed by atoms with Gasteiger partial charge < -0.3 is 19.9 Å². The molecule has 3 rings (SSSR count). The van der Waals surface area contributed by atoms with E-state index in [9.17, 15) is 18.0 Å². The van der Waals surface area contributed by atoms with Crippen LogP contribution in [0.5, 0.6) is 0 Å². The molecule has 0 spiro atoms. The van der Waals surface area contributed by atoms with Crippen molar-refractivity contribution in [3.05, 3.63) is 11.7 Å². The number of ether oxygens (including phenoxy) is 1. The number of hydrogen-bond donors (Lipinski definition) is 1. The molecular formula is C13H19N5O6S. The van der Waals surface area contributed by atoms with Gasteiger partial charge in [0.25, 0.3) is 11.7 Å². The van der Waals surface area contributed by atoms with Gasteiger partial charge in [-0.2, -0.15) is 4.98 Å². The van der Waals surface area contributed by atoms with Crippen LogP contribution in [0, 0.1) is 0 Å². The molecule has 1 aromatic heterocycles. The van der Waals surface area contributed by atoms with E-state index < -0.39 is 21.8 Å². The predicted molar refractivity (Wildman–Crippen MR) is 83.0 cm³/mol. The molecule has 0 radical (unpaired) electrons. The highest BCUT2D eigenvalue weighted by Crippen LogP contribution is 2.28. The van der Waals surface area contributed by atoms with Crippen LogP contribution < -0.4 is 5.73 Å². The van der Waals surface area contributed by atoms with E-state index in [1.54, 1.807) is 4.90 Å². The van der Waals surface area contributed by atoms with Crippen molar-refractivity contribution >= 4 is 21.7 Å². The summed E-state index contributed by atoms with van der Waals surface area (Å²) in [4.78, 5) is 30.6. The highest BCUT2D eigenvalue weighted by atomic mass is 32.2. The van der Waals surface area contributed by atoms with Crippen LogP contribution in [0.4, 0.5) is 0 Å². The molecule has 2 amide bonds. The van der Waals surface area contributed by atoms with Crippen molar-refractivity contribution in [1.82, 2.24) is 19.9 Å². The van der Waals surface area contributed by atoms with Crippen molar-refractivity contribution in [1.29, 1.82) is 0 Å². The zero-order valence-electron chi connectivity index (χ0n) is 13.6. The minimum Gasteiger partial charge on any atom is -0.375 e. The Bertz CT molecular complexity index is 778. The van der Waals surface area contributed by atoms with Crippen LogP contribution in [0.15, 0.2) is 4.52 Å². The molecule has 0 saturated carbocycles. The third kappa shape index (κ3) is 3.65. The van der Waals surface area contributed by atoms with Gasteiger partial charge in [0.2, 0.25) is 11.8 Å². The van der Waals surface area contributed by atoms with Crippen molar-refractivity contribution in [3.63, 3.8) is 0 Å². The lowest BCUT2D eigenvalue weighted by Gasteiger charge is -2.43. The monoisotopic (exact) mass is 373 g/mol. The number of aromatic nitrogens is 2. The zero-order chi connectivity index (χ0) is 18.2. The first kappa shape index (κ1) is 17.8. The topological polar surface area (TPSA) is 149 Å². The first-order valence-electron chi connectivity index (χ1n) is 7.66. The van der Waals surface area contributed by atoms with Crippen LogP contribution in [0.3, 0.4) is 0 Å². The van der Waals surface area contributed by atoms with Crippen LogP contribution in [0.1, 0.15) is 16.5 Å². The fraction of sp³-hybridized carbons (Fsp3) is 0.692. The molecule has 12 heteroatoms. The predicted octanol–water partition coefficient (Wildman–Crippen LogP) is -2.38. The third-order valence-electron chi connectivity index (χ3n) is 4.41. The number of hydrogen-bond acceptors (Lipinski definition) is 9. The van der Waals surface area contributed by atoms with E-state index in [2.05, 4.69) is 10.1 Å². The Morgan fingerprint density at radius 2 is 2.04 bits per heavy atom. The molecule has 25 heavy (non-hydrogen) atoms. The number of carbonyl (C=O) groups excluding carboxylic acids is 2. The van der Waals surface area contributed by atoms with Crippen LogP contribution in [-0.4, -0.2) is 90.6 Å². The summed E-state index contributed by atoms with van der Waals surface area (Å²) in [5.74, 6) is -1.21. The van der Waals surface area contributed by atoms with Gasteiger partial charge in [0.05, 0.1) is 24.1 Å². The van der Waals surface area contributed by atoms with Gasteiger partial charge in [-0.25, -0.2) is 8.42 Å². The van der Waals surface area contributed by atoms with Crippen molar-refractivity contribution in [3.8, 4) is 0 Å². The van der Waals surface area contributed by atoms with Gasteiger partial charge in [-0.1, -0.05) is 5.16 Å². The summed E-state index contributed by atoms with van der Waals surface area (Å²) in [5, 5.41) is 3.48. The Labute approximate surface area is 144 Å². The molecule has 0 bridgehead atoms. The molecule has 11 nitrogen and oxygen atoms in total. The van der Waals surface area contributed by atoms with Crippen molar-refractivity contribution in [2.24, 2.45) is 5.73 Å². The van der Waals surface area contributed by atoms with Gasteiger partial charge in [0.1, 0.15) is 6.61 Å². The summed E-state index contributed by atoms with van der Waals surface area (Å²) in [5.41, 5.74) is 5.09. The van der Waals surface area contributed by atoms with Crippen molar-refractivity contribution < 1.29 is 27.3 Å². The molecule has 2 saturated heterocycles. The summed E-state index contributed by atoms with van der Waals surface area (Å²) in [6.45, 7) is 0.911. The second-order valence-corrected chi connectivity index (χ2v) is 8.23. The number of amides is 2. The van der Waals surface area contributed by atoms with E-state index in [4.69, 9.17) is 15.0 Å². The van der Waals surface area contributed by atoms with Crippen molar-refractivity contribution in [2.75, 3.05) is 38.3 Å². The summed E-state index contributed by atoms with van der Waals surface area (Å²) in [6, 6.07) is -0.816. The molecule has 138 valence electrons. The number of rotatable bonds is 5. The van der Waals surface area contributed by atoms with Gasteiger partial charge in [-0.05, 0) is 0 Å². The van der Waals surface area contributed by atoms with Gasteiger partial charge in [-0.3, -0.25) is 14.5 Å². The Morgan fingerprint density at radius 1 is 1.32 bits per heavy atom. The number of piperazine rings is 1. The molecule has 0 aliphatic carbocycles. The van der Waals surface area contributed by atoms with Crippen LogP contribution in [0.2, 0.25) is 0 Å².